The maximum atomic E-state index is 5.69. The molecule has 0 saturated heterocycles. The summed E-state index contributed by atoms with van der Waals surface area (Å²) in [5, 5.41) is 0. The molecule has 13 heavy (non-hydrogen) atoms. The third kappa shape index (κ3) is 2.70. The molecule has 1 heteroatoms. The van der Waals surface area contributed by atoms with E-state index < -0.39 is 0 Å². The average Bonchev–Trinajstić information content (AvgIpc) is 2.10. The molecule has 0 atom stereocenters. The Hall–Kier alpha value is -0.0400. The average molecular weight is 183 g/mol. The second kappa shape index (κ2) is 4.00. The summed E-state index contributed by atoms with van der Waals surface area (Å²) in [6, 6.07) is 0. The molecule has 1 nitrogen and oxygen atoms in total. The van der Waals surface area contributed by atoms with Gasteiger partial charge in [0.05, 0.1) is 0 Å². The summed E-state index contributed by atoms with van der Waals surface area (Å²) in [7, 11) is 0. The van der Waals surface area contributed by atoms with Gasteiger partial charge < -0.3 is 5.73 Å². The van der Waals surface area contributed by atoms with E-state index in [4.69, 9.17) is 5.73 Å². The van der Waals surface area contributed by atoms with Crippen molar-refractivity contribution in [2.75, 3.05) is 6.54 Å². The molecule has 0 aromatic heterocycles. The van der Waals surface area contributed by atoms with Crippen LogP contribution in [0, 0.1) is 10.8 Å². The summed E-state index contributed by atoms with van der Waals surface area (Å²) in [6.45, 7) is 7.99. The standard InChI is InChI=1S/C12H25N/c1-4-12(9-10-13)7-5-11(2,3)6-8-12/h4-10,13H2,1-3H3. The molecule has 78 valence electrons. The van der Waals surface area contributed by atoms with Gasteiger partial charge in [0.1, 0.15) is 0 Å². The fourth-order valence-electron chi connectivity index (χ4n) is 2.54. The molecule has 0 radical (unpaired) electrons. The zero-order valence-corrected chi connectivity index (χ0v) is 9.53. The van der Waals surface area contributed by atoms with Crippen molar-refractivity contribution in [2.45, 2.75) is 59.3 Å². The van der Waals surface area contributed by atoms with Crippen molar-refractivity contribution in [2.24, 2.45) is 16.6 Å². The second-order valence-electron chi connectivity index (χ2n) is 5.56. The zero-order chi connectivity index (χ0) is 9.95. The number of hydrogen-bond donors (Lipinski definition) is 1. The van der Waals surface area contributed by atoms with E-state index in [1.165, 1.54) is 38.5 Å². The van der Waals surface area contributed by atoms with Gasteiger partial charge in [-0.1, -0.05) is 27.2 Å². The third-order valence-electron chi connectivity index (χ3n) is 4.09. The highest BCUT2D eigenvalue weighted by Crippen LogP contribution is 2.48. The molecule has 1 aliphatic carbocycles. The monoisotopic (exact) mass is 183 g/mol. The van der Waals surface area contributed by atoms with Crippen LogP contribution in [0.25, 0.3) is 0 Å². The lowest BCUT2D eigenvalue weighted by Gasteiger charge is -2.43. The van der Waals surface area contributed by atoms with Gasteiger partial charge in [0.15, 0.2) is 0 Å². The van der Waals surface area contributed by atoms with E-state index in [1.54, 1.807) is 0 Å². The summed E-state index contributed by atoms with van der Waals surface area (Å²) in [5.41, 5.74) is 6.88. The summed E-state index contributed by atoms with van der Waals surface area (Å²) in [5.74, 6) is 0. The van der Waals surface area contributed by atoms with Crippen molar-refractivity contribution in [3.63, 3.8) is 0 Å². The minimum absolute atomic E-state index is 0.591. The van der Waals surface area contributed by atoms with Crippen LogP contribution >= 0.6 is 0 Å². The lowest BCUT2D eigenvalue weighted by atomic mass is 9.63. The Balaban J connectivity index is 2.52. The van der Waals surface area contributed by atoms with Crippen molar-refractivity contribution in [3.8, 4) is 0 Å². The predicted octanol–water partition coefficient (Wildman–Crippen LogP) is 3.33. The fraction of sp³-hybridized carbons (Fsp3) is 1.00. The summed E-state index contributed by atoms with van der Waals surface area (Å²) in [6.07, 6.45) is 8.13. The number of hydrogen-bond acceptors (Lipinski definition) is 1. The van der Waals surface area contributed by atoms with E-state index in [-0.39, 0.29) is 0 Å². The quantitative estimate of drug-likeness (QED) is 0.713. The molecule has 0 amide bonds. The van der Waals surface area contributed by atoms with Crippen molar-refractivity contribution in [1.82, 2.24) is 0 Å². The highest BCUT2D eigenvalue weighted by atomic mass is 14.5. The molecule has 2 N–H and O–H groups in total. The highest BCUT2D eigenvalue weighted by molar-refractivity contribution is 4.88. The van der Waals surface area contributed by atoms with Crippen molar-refractivity contribution in [3.05, 3.63) is 0 Å². The normalized spacial score (nSPS) is 25.8. The molecule has 0 unspecified atom stereocenters. The molecule has 0 bridgehead atoms. The van der Waals surface area contributed by atoms with Gasteiger partial charge in [-0.05, 0) is 49.5 Å². The molecule has 1 rings (SSSR count). The molecular weight excluding hydrogens is 158 g/mol. The molecule has 0 aliphatic heterocycles. The minimum atomic E-state index is 0.591. The molecule has 0 spiro atoms. The molecular formula is C12H25N. The van der Waals surface area contributed by atoms with Crippen LogP contribution in [-0.4, -0.2) is 6.54 Å². The van der Waals surface area contributed by atoms with Gasteiger partial charge in [0.2, 0.25) is 0 Å². The maximum Gasteiger partial charge on any atom is -0.00720 e. The minimum Gasteiger partial charge on any atom is -0.330 e. The summed E-state index contributed by atoms with van der Waals surface area (Å²) >= 11 is 0. The Kier molecular flexibility index (Phi) is 3.39. The Labute approximate surface area is 83.1 Å². The topological polar surface area (TPSA) is 26.0 Å². The number of nitrogens with two attached hydrogens (primary N) is 1. The smallest absolute Gasteiger partial charge is 0.00720 e. The predicted molar refractivity (Wildman–Crippen MR) is 58.6 cm³/mol. The van der Waals surface area contributed by atoms with E-state index in [9.17, 15) is 0 Å². The van der Waals surface area contributed by atoms with Gasteiger partial charge in [0, 0.05) is 0 Å². The molecule has 1 aliphatic rings. The van der Waals surface area contributed by atoms with Gasteiger partial charge >= 0.3 is 0 Å². The second-order valence-corrected chi connectivity index (χ2v) is 5.56. The Bertz CT molecular complexity index is 151. The maximum absolute atomic E-state index is 5.69. The van der Waals surface area contributed by atoms with Crippen molar-refractivity contribution >= 4 is 0 Å². The van der Waals surface area contributed by atoms with E-state index in [2.05, 4.69) is 20.8 Å². The summed E-state index contributed by atoms with van der Waals surface area (Å²) in [4.78, 5) is 0. The largest absolute Gasteiger partial charge is 0.330 e. The highest BCUT2D eigenvalue weighted by Gasteiger charge is 2.36. The van der Waals surface area contributed by atoms with Gasteiger partial charge in [-0.2, -0.15) is 0 Å². The van der Waals surface area contributed by atoms with E-state index in [0.29, 0.717) is 10.8 Å². The first kappa shape index (κ1) is 11.0. The SMILES string of the molecule is CCC1(CCN)CCC(C)(C)CC1. The third-order valence-corrected chi connectivity index (χ3v) is 4.09. The van der Waals surface area contributed by atoms with Crippen LogP contribution in [0.15, 0.2) is 0 Å². The first-order valence-electron chi connectivity index (χ1n) is 5.74. The van der Waals surface area contributed by atoms with Crippen LogP contribution in [0.3, 0.4) is 0 Å². The molecule has 1 fully saturated rings. The number of rotatable bonds is 3. The lowest BCUT2D eigenvalue weighted by Crippen LogP contribution is -2.32. The molecule has 1 saturated carbocycles. The van der Waals surface area contributed by atoms with E-state index >= 15 is 0 Å². The van der Waals surface area contributed by atoms with Crippen molar-refractivity contribution in [1.29, 1.82) is 0 Å². The van der Waals surface area contributed by atoms with Crippen LogP contribution in [0.1, 0.15) is 59.3 Å². The Morgan fingerprint density at radius 2 is 1.62 bits per heavy atom. The first-order valence-corrected chi connectivity index (χ1v) is 5.74. The van der Waals surface area contributed by atoms with Crippen LogP contribution in [0.4, 0.5) is 0 Å². The van der Waals surface area contributed by atoms with Crippen molar-refractivity contribution < 1.29 is 0 Å². The van der Waals surface area contributed by atoms with Gasteiger partial charge in [-0.25, -0.2) is 0 Å². The van der Waals surface area contributed by atoms with Gasteiger partial charge in [-0.3, -0.25) is 0 Å². The lowest BCUT2D eigenvalue weighted by molar-refractivity contribution is 0.0905. The zero-order valence-electron chi connectivity index (χ0n) is 9.53. The van der Waals surface area contributed by atoms with Gasteiger partial charge in [-0.15, -0.1) is 0 Å². The van der Waals surface area contributed by atoms with Crippen LogP contribution in [-0.2, 0) is 0 Å². The van der Waals surface area contributed by atoms with Crippen LogP contribution in [0.2, 0.25) is 0 Å². The molecule has 0 aromatic rings. The van der Waals surface area contributed by atoms with E-state index in [0.717, 1.165) is 6.54 Å². The Morgan fingerprint density at radius 1 is 1.08 bits per heavy atom. The van der Waals surface area contributed by atoms with E-state index in [1.807, 2.05) is 0 Å². The molecule has 0 aromatic carbocycles. The fourth-order valence-corrected chi connectivity index (χ4v) is 2.54. The Morgan fingerprint density at radius 3 is 2.00 bits per heavy atom. The summed E-state index contributed by atoms with van der Waals surface area (Å²) < 4.78 is 0. The van der Waals surface area contributed by atoms with Crippen LogP contribution < -0.4 is 5.73 Å². The molecule has 0 heterocycles. The first-order chi connectivity index (χ1) is 6.04. The van der Waals surface area contributed by atoms with Gasteiger partial charge in [0.25, 0.3) is 0 Å². The van der Waals surface area contributed by atoms with Crippen LogP contribution in [0.5, 0.6) is 0 Å².